The average Bonchev–Trinajstić information content (AvgIpc) is 2.60. The van der Waals surface area contributed by atoms with Gasteiger partial charge < -0.3 is 14.4 Å². The lowest BCUT2D eigenvalue weighted by molar-refractivity contribution is -0.257. The Bertz CT molecular complexity index is 837. The van der Waals surface area contributed by atoms with Crippen LogP contribution in [0.2, 0.25) is 0 Å². The van der Waals surface area contributed by atoms with Crippen LogP contribution in [0.15, 0.2) is 47.4 Å². The van der Waals surface area contributed by atoms with Crippen LogP contribution < -0.4 is 4.74 Å². The molecule has 160 valence electrons. The van der Waals surface area contributed by atoms with E-state index < -0.39 is 46.4 Å². The van der Waals surface area contributed by atoms with E-state index in [4.69, 9.17) is 4.74 Å². The van der Waals surface area contributed by atoms with Crippen molar-refractivity contribution in [2.45, 2.75) is 49.3 Å². The number of hydrogen-bond acceptors (Lipinski definition) is 3. The fraction of sp³-hybridized carbons (Fsp3) is 0.429. The topological polar surface area (TPSA) is 52.5 Å². The number of rotatable bonds is 7. The Balaban J connectivity index is 2.39. The molecule has 2 rings (SSSR count). The van der Waals surface area contributed by atoms with Gasteiger partial charge in [-0.25, -0.2) is 4.39 Å². The number of methoxy groups -OCH3 is 1. The molecule has 0 aliphatic rings. The van der Waals surface area contributed by atoms with E-state index in [1.807, 2.05) is 0 Å². The minimum Gasteiger partial charge on any atom is -0.611 e. The molecule has 0 fully saturated rings. The Labute approximate surface area is 170 Å². The first kappa shape index (κ1) is 23.5. The molecule has 8 heteroatoms. The quantitative estimate of drug-likeness (QED) is 0.500. The van der Waals surface area contributed by atoms with E-state index in [1.54, 1.807) is 19.1 Å². The van der Waals surface area contributed by atoms with Crippen LogP contribution in [0, 0.1) is 12.7 Å². The number of benzene rings is 2. The van der Waals surface area contributed by atoms with E-state index in [0.29, 0.717) is 0 Å². The minimum absolute atomic E-state index is 0.184. The van der Waals surface area contributed by atoms with Gasteiger partial charge in [0.2, 0.25) is 5.60 Å². The molecule has 0 amide bonds. The van der Waals surface area contributed by atoms with Crippen LogP contribution in [0.3, 0.4) is 0 Å². The zero-order valence-corrected chi connectivity index (χ0v) is 17.5. The summed E-state index contributed by atoms with van der Waals surface area (Å²) in [4.78, 5) is 0.194. The highest BCUT2D eigenvalue weighted by Crippen LogP contribution is 2.44. The Morgan fingerprint density at radius 1 is 1.07 bits per heavy atom. The lowest BCUT2D eigenvalue weighted by Gasteiger charge is -2.38. The van der Waals surface area contributed by atoms with Gasteiger partial charge in [0.15, 0.2) is 4.90 Å². The Morgan fingerprint density at radius 3 is 2.17 bits per heavy atom. The molecule has 0 saturated carbocycles. The minimum atomic E-state index is -5.04. The van der Waals surface area contributed by atoms with Gasteiger partial charge in [-0.3, -0.25) is 0 Å². The van der Waals surface area contributed by atoms with Gasteiger partial charge in [0.05, 0.1) is 7.11 Å². The smallest absolute Gasteiger partial charge is 0.421 e. The van der Waals surface area contributed by atoms with E-state index >= 15 is 0 Å². The summed E-state index contributed by atoms with van der Waals surface area (Å²) >= 11 is -2.09. The predicted octanol–water partition coefficient (Wildman–Crippen LogP) is 4.91. The second-order valence-electron chi connectivity index (χ2n) is 7.74. The molecular formula is C21H24F4O3S. The maximum atomic E-state index is 13.9. The summed E-state index contributed by atoms with van der Waals surface area (Å²) < 4.78 is 73.1. The predicted molar refractivity (Wildman–Crippen MR) is 104 cm³/mol. The lowest BCUT2D eigenvalue weighted by Crippen LogP contribution is -2.53. The first-order chi connectivity index (χ1) is 13.3. The van der Waals surface area contributed by atoms with E-state index in [2.05, 4.69) is 0 Å². The van der Waals surface area contributed by atoms with Gasteiger partial charge in [0.1, 0.15) is 17.3 Å². The Kier molecular flexibility index (Phi) is 6.92. The first-order valence-electron chi connectivity index (χ1n) is 8.87. The van der Waals surface area contributed by atoms with Crippen LogP contribution in [0.5, 0.6) is 5.75 Å². The molecule has 0 spiro atoms. The van der Waals surface area contributed by atoms with E-state index in [0.717, 1.165) is 17.7 Å². The van der Waals surface area contributed by atoms with Crippen LogP contribution in [-0.4, -0.2) is 34.3 Å². The third-order valence-corrected chi connectivity index (χ3v) is 6.34. The molecule has 0 heterocycles. The SMILES string of the molecule is COc1ccc(F)cc1C(C)(C)C[C@](O)(C[S+]([O-])c1ccc(C)cc1)C(F)(F)F. The molecule has 0 aliphatic carbocycles. The van der Waals surface area contributed by atoms with Gasteiger partial charge in [0, 0.05) is 5.56 Å². The van der Waals surface area contributed by atoms with Crippen LogP contribution in [0.1, 0.15) is 31.4 Å². The van der Waals surface area contributed by atoms with Crippen LogP contribution in [0.4, 0.5) is 17.6 Å². The van der Waals surface area contributed by atoms with E-state index in [-0.39, 0.29) is 16.2 Å². The molecule has 2 aromatic rings. The molecule has 2 atom stereocenters. The second kappa shape index (κ2) is 8.53. The van der Waals surface area contributed by atoms with Crippen molar-refractivity contribution < 1.29 is 32.0 Å². The summed E-state index contributed by atoms with van der Waals surface area (Å²) in [6.45, 7) is 4.71. The Morgan fingerprint density at radius 2 is 1.66 bits per heavy atom. The molecule has 0 bridgehead atoms. The molecule has 2 aromatic carbocycles. The molecule has 29 heavy (non-hydrogen) atoms. The summed E-state index contributed by atoms with van der Waals surface area (Å²) in [6.07, 6.45) is -5.86. The summed E-state index contributed by atoms with van der Waals surface area (Å²) in [7, 11) is 1.33. The van der Waals surface area contributed by atoms with Gasteiger partial charge in [0.25, 0.3) is 0 Å². The summed E-state index contributed by atoms with van der Waals surface area (Å²) in [6, 6.07) is 9.78. The normalized spacial score (nSPS) is 15.7. The standard InChI is InChI=1S/C21H24F4O3S/c1-14-5-8-16(9-6-14)29(27)13-20(26,21(23,24)25)12-19(2,3)17-11-15(22)7-10-18(17)28-4/h5-11,26H,12-13H2,1-4H3/t20-,29?/m0/s1. The fourth-order valence-corrected chi connectivity index (χ4v) is 4.56. The van der Waals surface area contributed by atoms with E-state index in [9.17, 15) is 27.2 Å². The molecule has 1 N–H and O–H groups in total. The molecule has 0 saturated heterocycles. The highest BCUT2D eigenvalue weighted by Gasteiger charge is 2.59. The number of aliphatic hydroxyl groups is 1. The highest BCUT2D eigenvalue weighted by molar-refractivity contribution is 7.91. The third kappa shape index (κ3) is 5.43. The maximum Gasteiger partial charge on any atom is 0.421 e. The summed E-state index contributed by atoms with van der Waals surface area (Å²) in [5, 5.41) is 10.6. The van der Waals surface area contributed by atoms with Crippen molar-refractivity contribution in [3.8, 4) is 5.75 Å². The maximum absolute atomic E-state index is 13.9. The van der Waals surface area contributed by atoms with Gasteiger partial charge in [-0.2, -0.15) is 13.2 Å². The van der Waals surface area contributed by atoms with Crippen LogP contribution in [-0.2, 0) is 16.6 Å². The molecule has 0 aromatic heterocycles. The summed E-state index contributed by atoms with van der Waals surface area (Å²) in [5.41, 5.74) is -3.52. The zero-order chi connectivity index (χ0) is 22.0. The second-order valence-corrected chi connectivity index (χ2v) is 9.19. The largest absolute Gasteiger partial charge is 0.611 e. The van der Waals surface area contributed by atoms with Gasteiger partial charge in [-0.1, -0.05) is 31.5 Å². The van der Waals surface area contributed by atoms with Gasteiger partial charge in [-0.05, 0) is 60.3 Å². The van der Waals surface area contributed by atoms with Crippen molar-refractivity contribution in [2.24, 2.45) is 0 Å². The first-order valence-corrected chi connectivity index (χ1v) is 10.2. The average molecular weight is 432 g/mol. The van der Waals surface area contributed by atoms with Crippen molar-refractivity contribution in [1.82, 2.24) is 0 Å². The third-order valence-electron chi connectivity index (χ3n) is 4.81. The number of alkyl halides is 3. The lowest BCUT2D eigenvalue weighted by atomic mass is 9.75. The van der Waals surface area contributed by atoms with Crippen LogP contribution in [0.25, 0.3) is 0 Å². The molecule has 0 radical (unpaired) electrons. The van der Waals surface area contributed by atoms with E-state index in [1.165, 1.54) is 39.2 Å². The van der Waals surface area contributed by atoms with Crippen LogP contribution >= 0.6 is 0 Å². The highest BCUT2D eigenvalue weighted by atomic mass is 32.2. The van der Waals surface area contributed by atoms with Gasteiger partial charge in [-0.15, -0.1) is 0 Å². The summed E-state index contributed by atoms with van der Waals surface area (Å²) in [5.74, 6) is -1.45. The van der Waals surface area contributed by atoms with Crippen molar-refractivity contribution in [3.63, 3.8) is 0 Å². The fourth-order valence-electron chi connectivity index (χ4n) is 3.26. The van der Waals surface area contributed by atoms with Gasteiger partial charge >= 0.3 is 6.18 Å². The molecule has 0 aliphatic heterocycles. The molecule has 1 unspecified atom stereocenters. The monoisotopic (exact) mass is 432 g/mol. The Hall–Kier alpha value is -1.77. The number of halogens is 4. The van der Waals surface area contributed by atoms with Crippen molar-refractivity contribution >= 4 is 11.2 Å². The number of aryl methyl sites for hydroxylation is 1. The molecular weight excluding hydrogens is 408 g/mol. The number of ether oxygens (including phenoxy) is 1. The van der Waals surface area contributed by atoms with Crippen molar-refractivity contribution in [2.75, 3.05) is 12.9 Å². The van der Waals surface area contributed by atoms with Crippen molar-refractivity contribution in [1.29, 1.82) is 0 Å². The van der Waals surface area contributed by atoms with Crippen molar-refractivity contribution in [3.05, 3.63) is 59.4 Å². The zero-order valence-electron chi connectivity index (χ0n) is 16.6. The number of hydrogen-bond donors (Lipinski definition) is 1. The molecule has 3 nitrogen and oxygen atoms in total.